The van der Waals surface area contributed by atoms with Crippen molar-refractivity contribution < 1.29 is 24.2 Å². The number of aliphatic imine (C=N–C) groups is 1. The van der Waals surface area contributed by atoms with Crippen LogP contribution in [0.5, 0.6) is 17.2 Å². The third-order valence-electron chi connectivity index (χ3n) is 10.00. The van der Waals surface area contributed by atoms with Crippen molar-refractivity contribution in [1.82, 2.24) is 9.62 Å². The average Bonchev–Trinajstić information content (AvgIpc) is 3.55. The molecular formula is C42H38N4O5S. The molecule has 262 valence electrons. The first-order valence-corrected chi connectivity index (χ1v) is 18.2. The van der Waals surface area contributed by atoms with Gasteiger partial charge in [-0.25, -0.2) is 0 Å². The van der Waals surface area contributed by atoms with Gasteiger partial charge < -0.3 is 24.4 Å². The Labute approximate surface area is 306 Å². The quantitative estimate of drug-likeness (QED) is 0.153. The molecule has 0 aromatic heterocycles. The molecule has 52 heavy (non-hydrogen) atoms. The summed E-state index contributed by atoms with van der Waals surface area (Å²) in [5.41, 5.74) is 6.96. The molecule has 2 N–H and O–H groups in total. The van der Waals surface area contributed by atoms with Gasteiger partial charge in [0.05, 0.1) is 36.5 Å². The van der Waals surface area contributed by atoms with Gasteiger partial charge >= 0.3 is 0 Å². The highest BCUT2D eigenvalue weighted by atomic mass is 32.2. The number of fused-ring (bicyclic) bond motifs is 5. The number of aromatic hydroxyl groups is 1. The smallest absolute Gasteiger partial charge is 0.257 e. The number of hydrogen-bond acceptors (Lipinski definition) is 8. The lowest BCUT2D eigenvalue weighted by Crippen LogP contribution is -2.43. The Morgan fingerprint density at radius 1 is 0.981 bits per heavy atom. The molecule has 0 fully saturated rings. The lowest BCUT2D eigenvalue weighted by molar-refractivity contribution is -0.117. The number of methoxy groups -OCH3 is 1. The Morgan fingerprint density at radius 3 is 2.60 bits per heavy atom. The van der Waals surface area contributed by atoms with Crippen molar-refractivity contribution in [2.24, 2.45) is 4.99 Å². The van der Waals surface area contributed by atoms with Gasteiger partial charge in [-0.15, -0.1) is 0 Å². The third-order valence-corrected chi connectivity index (χ3v) is 10.7. The van der Waals surface area contributed by atoms with E-state index in [1.165, 1.54) is 5.57 Å². The molecule has 9 nitrogen and oxygen atoms in total. The van der Waals surface area contributed by atoms with Crippen LogP contribution in [0.1, 0.15) is 39.0 Å². The van der Waals surface area contributed by atoms with Crippen LogP contribution in [0.2, 0.25) is 0 Å². The number of phenols is 1. The highest BCUT2D eigenvalue weighted by Crippen LogP contribution is 2.41. The van der Waals surface area contributed by atoms with Gasteiger partial charge in [0.2, 0.25) is 5.91 Å². The van der Waals surface area contributed by atoms with E-state index in [-0.39, 0.29) is 36.6 Å². The lowest BCUT2D eigenvalue weighted by atomic mass is 9.94. The second-order valence-corrected chi connectivity index (χ2v) is 14.2. The molecule has 1 atom stereocenters. The SMILES string of the molecule is CNSc1ccc(C2=CCN3C(=O)c4cc(OC)c(OCc5cccc(CC(=O)N6CCc7c6cc(O)c6ccccc76)c5)cc4N=CC3C2)cc1. The second kappa shape index (κ2) is 14.2. The number of phenolic OH excluding ortho intramolecular Hbond substituents is 1. The number of benzene rings is 5. The molecule has 0 saturated carbocycles. The molecule has 8 rings (SSSR count). The summed E-state index contributed by atoms with van der Waals surface area (Å²) in [7, 11) is 3.46. The topological polar surface area (TPSA) is 104 Å². The van der Waals surface area contributed by atoms with Crippen LogP contribution < -0.4 is 19.1 Å². The Balaban J connectivity index is 0.959. The Hall–Kier alpha value is -5.58. The summed E-state index contributed by atoms with van der Waals surface area (Å²) in [5.74, 6) is 0.983. The average molecular weight is 711 g/mol. The molecule has 0 saturated heterocycles. The first kappa shape index (κ1) is 33.6. The first-order chi connectivity index (χ1) is 25.4. The van der Waals surface area contributed by atoms with E-state index in [4.69, 9.17) is 14.5 Å². The highest BCUT2D eigenvalue weighted by Gasteiger charge is 2.32. The van der Waals surface area contributed by atoms with E-state index in [1.54, 1.807) is 42.2 Å². The summed E-state index contributed by atoms with van der Waals surface area (Å²) in [6, 6.07) is 29.0. The molecule has 3 aliphatic heterocycles. The number of ether oxygens (including phenoxy) is 2. The number of nitrogens with zero attached hydrogens (tertiary/aromatic N) is 3. The summed E-state index contributed by atoms with van der Waals surface area (Å²) in [6.45, 7) is 1.29. The third kappa shape index (κ3) is 6.40. The number of amides is 2. The number of nitrogens with one attached hydrogen (secondary N) is 1. The Bertz CT molecular complexity index is 2270. The summed E-state index contributed by atoms with van der Waals surface area (Å²) in [6.07, 6.45) is 5.62. The van der Waals surface area contributed by atoms with Crippen molar-refractivity contribution in [2.75, 3.05) is 32.1 Å². The van der Waals surface area contributed by atoms with Gasteiger partial charge in [-0.2, -0.15) is 0 Å². The van der Waals surface area contributed by atoms with Gasteiger partial charge in [0.1, 0.15) is 12.4 Å². The fraction of sp³-hybridized carbons (Fsp3) is 0.214. The number of hydrogen-bond donors (Lipinski definition) is 2. The van der Waals surface area contributed by atoms with Crippen molar-refractivity contribution in [3.8, 4) is 17.2 Å². The number of carbonyl (C=O) groups excluding carboxylic acids is 2. The van der Waals surface area contributed by atoms with Crippen molar-refractivity contribution in [2.45, 2.75) is 36.8 Å². The zero-order chi connectivity index (χ0) is 35.8. The molecular weight excluding hydrogens is 673 g/mol. The van der Waals surface area contributed by atoms with E-state index >= 15 is 0 Å². The summed E-state index contributed by atoms with van der Waals surface area (Å²) < 4.78 is 15.1. The molecule has 10 heteroatoms. The van der Waals surface area contributed by atoms with E-state index in [1.807, 2.05) is 66.7 Å². The summed E-state index contributed by atoms with van der Waals surface area (Å²) >= 11 is 1.57. The molecule has 5 aromatic carbocycles. The minimum absolute atomic E-state index is 0.0263. The molecule has 0 radical (unpaired) electrons. The van der Waals surface area contributed by atoms with E-state index in [2.05, 4.69) is 35.1 Å². The van der Waals surface area contributed by atoms with E-state index in [9.17, 15) is 14.7 Å². The van der Waals surface area contributed by atoms with Gasteiger partial charge in [-0.3, -0.25) is 19.3 Å². The van der Waals surface area contributed by atoms with E-state index in [0.717, 1.165) is 50.0 Å². The Morgan fingerprint density at radius 2 is 1.79 bits per heavy atom. The molecule has 5 aromatic rings. The maximum absolute atomic E-state index is 13.8. The van der Waals surface area contributed by atoms with E-state index in [0.29, 0.717) is 42.3 Å². The van der Waals surface area contributed by atoms with Crippen molar-refractivity contribution >= 4 is 57.7 Å². The molecule has 0 bridgehead atoms. The zero-order valence-corrected chi connectivity index (χ0v) is 29.8. The molecule has 3 heterocycles. The lowest BCUT2D eigenvalue weighted by Gasteiger charge is -2.32. The van der Waals surface area contributed by atoms with Crippen LogP contribution >= 0.6 is 11.9 Å². The zero-order valence-electron chi connectivity index (χ0n) is 29.0. The number of anilines is 1. The van der Waals surface area contributed by atoms with Gasteiger partial charge in [0.25, 0.3) is 5.91 Å². The second-order valence-electron chi connectivity index (χ2n) is 13.1. The van der Waals surface area contributed by atoms with Gasteiger partial charge in [0.15, 0.2) is 11.5 Å². The van der Waals surface area contributed by atoms with Crippen molar-refractivity contribution in [3.05, 3.63) is 125 Å². The molecule has 0 spiro atoms. The fourth-order valence-electron chi connectivity index (χ4n) is 7.41. The van der Waals surface area contributed by atoms with Crippen LogP contribution in [0.3, 0.4) is 0 Å². The van der Waals surface area contributed by atoms with Crippen LogP contribution in [0.25, 0.3) is 16.3 Å². The van der Waals surface area contributed by atoms with Crippen LogP contribution in [0.4, 0.5) is 11.4 Å². The largest absolute Gasteiger partial charge is 0.507 e. The minimum atomic E-state index is -0.175. The summed E-state index contributed by atoms with van der Waals surface area (Å²) in [4.78, 5) is 36.9. The minimum Gasteiger partial charge on any atom is -0.507 e. The van der Waals surface area contributed by atoms with Crippen molar-refractivity contribution in [1.29, 1.82) is 0 Å². The van der Waals surface area contributed by atoms with Crippen molar-refractivity contribution in [3.63, 3.8) is 0 Å². The maximum atomic E-state index is 13.8. The Kier molecular flexibility index (Phi) is 9.17. The molecule has 0 aliphatic carbocycles. The molecule has 2 amide bonds. The van der Waals surface area contributed by atoms with Gasteiger partial charge in [0, 0.05) is 41.7 Å². The number of carbonyl (C=O) groups is 2. The molecule has 3 aliphatic rings. The fourth-order valence-corrected chi connectivity index (χ4v) is 7.92. The van der Waals surface area contributed by atoms with Crippen LogP contribution in [-0.2, 0) is 24.2 Å². The van der Waals surface area contributed by atoms with E-state index < -0.39 is 0 Å². The standard InChI is InChI=1S/C42H38N4O5S/c1-43-52-31-12-10-28(11-13-31)29-14-16-45-30(20-29)24-44-36-22-40(39(50-2)21-35(36)42(45)49)51-25-27-7-5-6-26(18-27)19-41(48)46-17-15-33-32-8-3-4-9-34(32)38(47)23-37(33)46/h3-14,18,21-24,30,43,47H,15-17,19-20,25H2,1-2H3. The predicted octanol–water partition coefficient (Wildman–Crippen LogP) is 7.51. The monoisotopic (exact) mass is 710 g/mol. The first-order valence-electron chi connectivity index (χ1n) is 17.3. The summed E-state index contributed by atoms with van der Waals surface area (Å²) in [5, 5.41) is 12.5. The van der Waals surface area contributed by atoms with Gasteiger partial charge in [-0.05, 0) is 83.2 Å². The van der Waals surface area contributed by atoms with Gasteiger partial charge in [-0.1, -0.05) is 66.7 Å². The predicted molar refractivity (Wildman–Crippen MR) is 206 cm³/mol. The maximum Gasteiger partial charge on any atom is 0.257 e. The molecule has 1 unspecified atom stereocenters. The highest BCUT2D eigenvalue weighted by molar-refractivity contribution is 7.97. The normalized spacial score (nSPS) is 16.2. The number of rotatable bonds is 9. The van der Waals surface area contributed by atoms with Crippen LogP contribution in [-0.4, -0.2) is 61.3 Å². The van der Waals surface area contributed by atoms with Crippen LogP contribution in [0, 0.1) is 0 Å². The van der Waals surface area contributed by atoms with Crippen LogP contribution in [0.15, 0.2) is 107 Å².